The summed E-state index contributed by atoms with van der Waals surface area (Å²) in [4.78, 5) is 0. The molecule has 0 saturated carbocycles. The second kappa shape index (κ2) is 4.00. The molecule has 77 valence electrons. The maximum Gasteiger partial charge on any atom is 0.416 e. The van der Waals surface area contributed by atoms with Crippen molar-refractivity contribution in [3.05, 3.63) is 34.9 Å². The van der Waals surface area contributed by atoms with Gasteiger partial charge in [0, 0.05) is 6.61 Å². The van der Waals surface area contributed by atoms with E-state index in [0.29, 0.717) is 5.56 Å². The van der Waals surface area contributed by atoms with Crippen molar-refractivity contribution in [1.29, 1.82) is 0 Å². The molecule has 0 aromatic heterocycles. The highest BCUT2D eigenvalue weighted by Crippen LogP contribution is 2.32. The van der Waals surface area contributed by atoms with Crippen molar-refractivity contribution in [2.24, 2.45) is 0 Å². The maximum absolute atomic E-state index is 12.5. The molecule has 1 aromatic carbocycles. The molecule has 0 amide bonds. The smallest absolute Gasteiger partial charge is 0.396 e. The molecule has 0 aliphatic rings. The zero-order valence-corrected chi connectivity index (χ0v) is 7.65. The Hall–Kier alpha value is -1.03. The molecule has 0 saturated heterocycles. The van der Waals surface area contributed by atoms with Gasteiger partial charge in [-0.3, -0.25) is 0 Å². The fraction of sp³-hybridized carbons (Fsp3) is 0.400. The molecule has 1 aromatic rings. The fourth-order valence-electron chi connectivity index (χ4n) is 1.22. The van der Waals surface area contributed by atoms with Crippen LogP contribution >= 0.6 is 0 Å². The molecule has 0 heterocycles. The van der Waals surface area contributed by atoms with Gasteiger partial charge in [0.1, 0.15) is 0 Å². The van der Waals surface area contributed by atoms with Crippen LogP contribution in [0.1, 0.15) is 16.7 Å². The molecular weight excluding hydrogens is 193 g/mol. The van der Waals surface area contributed by atoms with Crippen LogP contribution in [0.2, 0.25) is 0 Å². The summed E-state index contributed by atoms with van der Waals surface area (Å²) < 4.78 is 37.4. The summed E-state index contributed by atoms with van der Waals surface area (Å²) >= 11 is 0. The van der Waals surface area contributed by atoms with Crippen LogP contribution < -0.4 is 0 Å². The SMILES string of the molecule is Cc1[c]cc(CCO)c(C(F)(F)F)c1. The Bertz CT molecular complexity index is 318. The average Bonchev–Trinajstić information content (AvgIpc) is 2.07. The Morgan fingerprint density at radius 1 is 1.43 bits per heavy atom. The molecule has 0 bridgehead atoms. The standard InChI is InChI=1S/C10H10F3O/c1-7-2-3-8(4-5-14)9(6-7)10(11,12)13/h3,6,14H,4-5H2,1H3. The molecule has 1 N–H and O–H groups in total. The van der Waals surface area contributed by atoms with Gasteiger partial charge < -0.3 is 5.11 Å². The lowest BCUT2D eigenvalue weighted by atomic mass is 10.0. The minimum Gasteiger partial charge on any atom is -0.396 e. The number of aliphatic hydroxyl groups is 1. The number of hydrogen-bond acceptors (Lipinski definition) is 1. The molecule has 0 fully saturated rings. The minimum atomic E-state index is -4.36. The van der Waals surface area contributed by atoms with Gasteiger partial charge in [0.2, 0.25) is 0 Å². The molecule has 1 nitrogen and oxygen atoms in total. The molecular formula is C10H10F3O. The summed E-state index contributed by atoms with van der Waals surface area (Å²) in [6.07, 6.45) is -4.35. The number of rotatable bonds is 2. The minimum absolute atomic E-state index is 0.00558. The van der Waals surface area contributed by atoms with Gasteiger partial charge in [-0.1, -0.05) is 6.07 Å². The first kappa shape index (κ1) is 11.0. The largest absolute Gasteiger partial charge is 0.416 e. The Morgan fingerprint density at radius 3 is 2.57 bits per heavy atom. The van der Waals surface area contributed by atoms with Crippen LogP contribution in [0.15, 0.2) is 12.1 Å². The highest BCUT2D eigenvalue weighted by atomic mass is 19.4. The highest BCUT2D eigenvalue weighted by Gasteiger charge is 2.32. The molecule has 1 radical (unpaired) electrons. The van der Waals surface area contributed by atoms with E-state index in [1.807, 2.05) is 0 Å². The summed E-state index contributed by atoms with van der Waals surface area (Å²) in [6, 6.07) is 5.02. The van der Waals surface area contributed by atoms with E-state index < -0.39 is 11.7 Å². The van der Waals surface area contributed by atoms with E-state index in [-0.39, 0.29) is 18.6 Å². The molecule has 0 unspecified atom stereocenters. The summed E-state index contributed by atoms with van der Waals surface area (Å²) in [5.74, 6) is 0. The van der Waals surface area contributed by atoms with Crippen molar-refractivity contribution in [1.82, 2.24) is 0 Å². The lowest BCUT2D eigenvalue weighted by molar-refractivity contribution is -0.138. The second-order valence-corrected chi connectivity index (χ2v) is 3.03. The van der Waals surface area contributed by atoms with E-state index in [0.717, 1.165) is 6.07 Å². The third-order valence-corrected chi connectivity index (χ3v) is 1.87. The van der Waals surface area contributed by atoms with Crippen molar-refractivity contribution in [3.63, 3.8) is 0 Å². The Labute approximate surface area is 80.2 Å². The maximum atomic E-state index is 12.5. The van der Waals surface area contributed by atoms with Gasteiger partial charge in [0.25, 0.3) is 0 Å². The third-order valence-electron chi connectivity index (χ3n) is 1.87. The zero-order valence-electron chi connectivity index (χ0n) is 7.65. The van der Waals surface area contributed by atoms with Crippen molar-refractivity contribution in [3.8, 4) is 0 Å². The number of benzene rings is 1. The van der Waals surface area contributed by atoms with Crippen molar-refractivity contribution >= 4 is 0 Å². The first-order chi connectivity index (χ1) is 6.45. The van der Waals surface area contributed by atoms with Crippen LogP contribution in [0.25, 0.3) is 0 Å². The Kier molecular flexibility index (Phi) is 3.16. The molecule has 0 atom stereocenters. The van der Waals surface area contributed by atoms with Crippen LogP contribution in [0, 0.1) is 13.0 Å². The van der Waals surface area contributed by atoms with Gasteiger partial charge in [-0.15, -0.1) is 0 Å². The van der Waals surface area contributed by atoms with Crippen LogP contribution in [-0.2, 0) is 12.6 Å². The van der Waals surface area contributed by atoms with Gasteiger partial charge in [-0.05, 0) is 36.6 Å². The van der Waals surface area contributed by atoms with Gasteiger partial charge >= 0.3 is 6.18 Å². The lowest BCUT2D eigenvalue weighted by Crippen LogP contribution is -2.10. The summed E-state index contributed by atoms with van der Waals surface area (Å²) in [5, 5.41) is 8.60. The molecule has 0 aliphatic heterocycles. The zero-order chi connectivity index (χ0) is 10.8. The first-order valence-corrected chi connectivity index (χ1v) is 4.14. The quantitative estimate of drug-likeness (QED) is 0.782. The van der Waals surface area contributed by atoms with Crippen LogP contribution in [0.3, 0.4) is 0 Å². The first-order valence-electron chi connectivity index (χ1n) is 4.14. The summed E-state index contributed by atoms with van der Waals surface area (Å²) in [6.45, 7) is 1.26. The number of alkyl halides is 3. The van der Waals surface area contributed by atoms with Gasteiger partial charge in [0.05, 0.1) is 5.56 Å². The molecule has 0 aliphatic carbocycles. The van der Waals surface area contributed by atoms with Crippen molar-refractivity contribution in [2.75, 3.05) is 6.61 Å². The summed E-state index contributed by atoms with van der Waals surface area (Å²) in [7, 11) is 0. The van der Waals surface area contributed by atoms with Crippen LogP contribution in [-0.4, -0.2) is 11.7 Å². The summed E-state index contributed by atoms with van der Waals surface area (Å²) in [5.41, 5.74) is -0.146. The Morgan fingerprint density at radius 2 is 2.07 bits per heavy atom. The van der Waals surface area contributed by atoms with Crippen molar-refractivity contribution in [2.45, 2.75) is 19.5 Å². The van der Waals surface area contributed by atoms with E-state index in [1.165, 1.54) is 6.07 Å². The number of halogens is 3. The number of aryl methyl sites for hydroxylation is 1. The van der Waals surface area contributed by atoms with E-state index in [1.54, 1.807) is 6.92 Å². The van der Waals surface area contributed by atoms with E-state index >= 15 is 0 Å². The molecule has 0 spiro atoms. The topological polar surface area (TPSA) is 20.2 Å². The third kappa shape index (κ3) is 2.48. The second-order valence-electron chi connectivity index (χ2n) is 3.03. The van der Waals surface area contributed by atoms with Gasteiger partial charge in [0.15, 0.2) is 0 Å². The van der Waals surface area contributed by atoms with Crippen LogP contribution in [0.4, 0.5) is 13.2 Å². The molecule has 4 heteroatoms. The predicted molar refractivity (Wildman–Crippen MR) is 45.8 cm³/mol. The highest BCUT2D eigenvalue weighted by molar-refractivity contribution is 5.33. The predicted octanol–water partition coefficient (Wildman–Crippen LogP) is 2.35. The van der Waals surface area contributed by atoms with E-state index in [9.17, 15) is 13.2 Å². The van der Waals surface area contributed by atoms with Gasteiger partial charge in [-0.2, -0.15) is 13.2 Å². The molecule has 14 heavy (non-hydrogen) atoms. The van der Waals surface area contributed by atoms with Crippen LogP contribution in [0.5, 0.6) is 0 Å². The average molecular weight is 203 g/mol. The fourth-order valence-corrected chi connectivity index (χ4v) is 1.22. The monoisotopic (exact) mass is 203 g/mol. The normalized spacial score (nSPS) is 11.8. The number of aliphatic hydroxyl groups excluding tert-OH is 1. The Balaban J connectivity index is 3.16. The lowest BCUT2D eigenvalue weighted by Gasteiger charge is -2.12. The van der Waals surface area contributed by atoms with Crippen molar-refractivity contribution < 1.29 is 18.3 Å². The van der Waals surface area contributed by atoms with Gasteiger partial charge in [-0.25, -0.2) is 0 Å². The van der Waals surface area contributed by atoms with E-state index in [2.05, 4.69) is 6.07 Å². The molecule has 1 rings (SSSR count). The number of hydrogen-bond donors (Lipinski definition) is 1. The van der Waals surface area contributed by atoms with E-state index in [4.69, 9.17) is 5.11 Å².